The van der Waals surface area contributed by atoms with Gasteiger partial charge < -0.3 is 14.2 Å². The molecule has 1 aromatic heterocycles. The van der Waals surface area contributed by atoms with Crippen molar-refractivity contribution in [2.75, 3.05) is 13.2 Å². The number of ether oxygens (including phenoxy) is 3. The fourth-order valence-electron chi connectivity index (χ4n) is 1.80. The van der Waals surface area contributed by atoms with Gasteiger partial charge in [0.05, 0.1) is 13.2 Å². The Kier molecular flexibility index (Phi) is 5.68. The number of rotatable bonds is 6. The third-order valence-corrected chi connectivity index (χ3v) is 2.79. The van der Waals surface area contributed by atoms with Gasteiger partial charge in [-0.25, -0.2) is 14.6 Å². The van der Waals surface area contributed by atoms with Gasteiger partial charge in [0.1, 0.15) is 22.9 Å². The van der Waals surface area contributed by atoms with Crippen LogP contribution in [0.3, 0.4) is 0 Å². The molecule has 0 saturated carbocycles. The van der Waals surface area contributed by atoms with Crippen molar-refractivity contribution in [1.29, 1.82) is 0 Å². The van der Waals surface area contributed by atoms with Gasteiger partial charge in [-0.15, -0.1) is 0 Å². The number of carbonyl (C=O) groups is 2. The number of benzene rings is 1. The summed E-state index contributed by atoms with van der Waals surface area (Å²) in [5.41, 5.74) is 0.0948. The highest BCUT2D eigenvalue weighted by Gasteiger charge is 2.14. The Bertz CT molecular complexity index is 682. The number of hydrogen-bond donors (Lipinski definition) is 0. The van der Waals surface area contributed by atoms with E-state index < -0.39 is 11.9 Å². The number of hydrogen-bond acceptors (Lipinski definition) is 6. The largest absolute Gasteiger partial charge is 0.494 e. The topological polar surface area (TPSA) is 74.7 Å². The maximum atomic E-state index is 12.1. The Hall–Kier alpha value is -2.89. The summed E-state index contributed by atoms with van der Waals surface area (Å²) in [6.07, 6.45) is 0. The normalized spacial score (nSPS) is 10.0. The number of carbonyl (C=O) groups excluding carboxylic acids is 2. The van der Waals surface area contributed by atoms with E-state index in [0.29, 0.717) is 18.1 Å². The van der Waals surface area contributed by atoms with E-state index in [1.165, 1.54) is 12.1 Å². The molecule has 0 N–H and O–H groups in total. The lowest BCUT2D eigenvalue weighted by Gasteiger charge is -2.07. The molecule has 23 heavy (non-hydrogen) atoms. The highest BCUT2D eigenvalue weighted by Crippen LogP contribution is 2.18. The summed E-state index contributed by atoms with van der Waals surface area (Å²) < 4.78 is 15.4. The molecule has 1 heterocycles. The molecular weight excluding hydrogens is 298 g/mol. The second kappa shape index (κ2) is 7.93. The lowest BCUT2D eigenvalue weighted by Crippen LogP contribution is -2.14. The number of esters is 2. The second-order valence-electron chi connectivity index (χ2n) is 4.42. The van der Waals surface area contributed by atoms with E-state index in [-0.39, 0.29) is 18.0 Å². The number of nitrogens with zero attached hydrogens (tertiary/aromatic N) is 1. The summed E-state index contributed by atoms with van der Waals surface area (Å²) in [7, 11) is 0. The van der Waals surface area contributed by atoms with Gasteiger partial charge in [-0.3, -0.25) is 0 Å². The van der Waals surface area contributed by atoms with Crippen LogP contribution in [-0.2, 0) is 4.74 Å². The Balaban J connectivity index is 2.08. The van der Waals surface area contributed by atoms with Gasteiger partial charge in [-0.1, -0.05) is 6.07 Å². The molecule has 120 valence electrons. The van der Waals surface area contributed by atoms with E-state index in [2.05, 4.69) is 4.98 Å². The van der Waals surface area contributed by atoms with Crippen molar-refractivity contribution < 1.29 is 23.8 Å². The van der Waals surface area contributed by atoms with Gasteiger partial charge >= 0.3 is 11.9 Å². The molecular formula is C17H17NO5. The Labute approximate surface area is 134 Å². The van der Waals surface area contributed by atoms with Gasteiger partial charge in [-0.2, -0.15) is 0 Å². The predicted molar refractivity (Wildman–Crippen MR) is 82.8 cm³/mol. The molecule has 0 fully saturated rings. The maximum absolute atomic E-state index is 12.1. The van der Waals surface area contributed by atoms with Crippen LogP contribution >= 0.6 is 0 Å². The average Bonchev–Trinajstić information content (AvgIpc) is 2.57. The standard InChI is InChI=1S/C17H17NO5/c1-3-21-12-8-10-13(11-9-12)23-17(20)15-7-5-6-14(18-15)16(19)22-4-2/h5-11H,3-4H2,1-2H3. The van der Waals surface area contributed by atoms with Crippen molar-refractivity contribution in [1.82, 2.24) is 4.98 Å². The summed E-state index contributed by atoms with van der Waals surface area (Å²) in [5.74, 6) is -0.181. The molecule has 0 bridgehead atoms. The van der Waals surface area contributed by atoms with Crippen LogP contribution in [0.4, 0.5) is 0 Å². The first-order valence-electron chi connectivity index (χ1n) is 7.23. The zero-order chi connectivity index (χ0) is 16.7. The van der Waals surface area contributed by atoms with Crippen molar-refractivity contribution in [3.63, 3.8) is 0 Å². The number of aromatic nitrogens is 1. The highest BCUT2D eigenvalue weighted by atomic mass is 16.5. The molecule has 0 radical (unpaired) electrons. The van der Waals surface area contributed by atoms with Crippen LogP contribution in [0.5, 0.6) is 11.5 Å². The average molecular weight is 315 g/mol. The smallest absolute Gasteiger partial charge is 0.362 e. The Morgan fingerprint density at radius 2 is 1.48 bits per heavy atom. The fourth-order valence-corrected chi connectivity index (χ4v) is 1.80. The molecule has 0 amide bonds. The molecule has 0 aliphatic carbocycles. The molecule has 0 aliphatic rings. The van der Waals surface area contributed by atoms with Crippen molar-refractivity contribution in [3.05, 3.63) is 53.9 Å². The predicted octanol–water partition coefficient (Wildman–Crippen LogP) is 2.88. The van der Waals surface area contributed by atoms with Gasteiger partial charge in [-0.05, 0) is 50.2 Å². The van der Waals surface area contributed by atoms with Gasteiger partial charge in [0.15, 0.2) is 0 Å². The van der Waals surface area contributed by atoms with E-state index in [1.807, 2.05) is 6.92 Å². The molecule has 6 heteroatoms. The lowest BCUT2D eigenvalue weighted by atomic mass is 10.3. The molecule has 0 spiro atoms. The van der Waals surface area contributed by atoms with Crippen LogP contribution in [0, 0.1) is 0 Å². The minimum absolute atomic E-state index is 0.0319. The monoisotopic (exact) mass is 315 g/mol. The van der Waals surface area contributed by atoms with Crippen molar-refractivity contribution in [2.24, 2.45) is 0 Å². The van der Waals surface area contributed by atoms with E-state index in [0.717, 1.165) is 0 Å². The van der Waals surface area contributed by atoms with Crippen molar-refractivity contribution in [3.8, 4) is 11.5 Å². The van der Waals surface area contributed by atoms with Crippen molar-refractivity contribution >= 4 is 11.9 Å². The Morgan fingerprint density at radius 1 is 0.870 bits per heavy atom. The van der Waals surface area contributed by atoms with Crippen molar-refractivity contribution in [2.45, 2.75) is 13.8 Å². The zero-order valence-corrected chi connectivity index (χ0v) is 12.9. The summed E-state index contributed by atoms with van der Waals surface area (Å²) >= 11 is 0. The number of pyridine rings is 1. The summed E-state index contributed by atoms with van der Waals surface area (Å²) in [4.78, 5) is 27.7. The minimum atomic E-state index is -0.652. The molecule has 6 nitrogen and oxygen atoms in total. The molecule has 2 rings (SSSR count). The molecule has 0 unspecified atom stereocenters. The quantitative estimate of drug-likeness (QED) is 0.603. The van der Waals surface area contributed by atoms with Crippen LogP contribution in [0.15, 0.2) is 42.5 Å². The maximum Gasteiger partial charge on any atom is 0.362 e. The summed E-state index contributed by atoms with van der Waals surface area (Å²) in [6, 6.07) is 11.2. The van der Waals surface area contributed by atoms with E-state index in [4.69, 9.17) is 14.2 Å². The molecule has 0 aliphatic heterocycles. The Morgan fingerprint density at radius 3 is 2.09 bits per heavy atom. The van der Waals surface area contributed by atoms with Crippen LogP contribution in [0.1, 0.15) is 34.8 Å². The van der Waals surface area contributed by atoms with Gasteiger partial charge in [0, 0.05) is 0 Å². The minimum Gasteiger partial charge on any atom is -0.494 e. The first-order chi connectivity index (χ1) is 11.1. The molecule has 0 atom stereocenters. The second-order valence-corrected chi connectivity index (χ2v) is 4.42. The van der Waals surface area contributed by atoms with Crippen LogP contribution in [0.25, 0.3) is 0 Å². The van der Waals surface area contributed by atoms with E-state index in [1.54, 1.807) is 37.3 Å². The lowest BCUT2D eigenvalue weighted by molar-refractivity contribution is 0.0519. The first-order valence-corrected chi connectivity index (χ1v) is 7.23. The summed E-state index contributed by atoms with van der Waals surface area (Å²) in [6.45, 7) is 4.38. The summed E-state index contributed by atoms with van der Waals surface area (Å²) in [5, 5.41) is 0. The van der Waals surface area contributed by atoms with E-state index in [9.17, 15) is 9.59 Å². The molecule has 2 aromatic rings. The van der Waals surface area contributed by atoms with Crippen LogP contribution < -0.4 is 9.47 Å². The van der Waals surface area contributed by atoms with Gasteiger partial charge in [0.25, 0.3) is 0 Å². The fraction of sp³-hybridized carbons (Fsp3) is 0.235. The zero-order valence-electron chi connectivity index (χ0n) is 12.9. The molecule has 0 saturated heterocycles. The first kappa shape index (κ1) is 16.5. The highest BCUT2D eigenvalue weighted by molar-refractivity contribution is 5.92. The SMILES string of the molecule is CCOC(=O)c1cccc(C(=O)Oc2ccc(OCC)cc2)n1. The van der Waals surface area contributed by atoms with Gasteiger partial charge in [0.2, 0.25) is 0 Å². The van der Waals surface area contributed by atoms with Crippen LogP contribution in [0.2, 0.25) is 0 Å². The third-order valence-electron chi connectivity index (χ3n) is 2.79. The van der Waals surface area contributed by atoms with E-state index >= 15 is 0 Å². The van der Waals surface area contributed by atoms with Crippen LogP contribution in [-0.4, -0.2) is 30.1 Å². The third kappa shape index (κ3) is 4.54. The molecule has 1 aromatic carbocycles.